The lowest BCUT2D eigenvalue weighted by Crippen LogP contribution is -2.58. The third-order valence-electron chi connectivity index (χ3n) is 12.0. The van der Waals surface area contributed by atoms with Crippen LogP contribution in [0.1, 0.15) is 102 Å². The number of benzene rings is 1. The maximum atomic E-state index is 14.7. The molecule has 0 radical (unpaired) electrons. The van der Waals surface area contributed by atoms with Crippen molar-refractivity contribution in [2.45, 2.75) is 133 Å². The summed E-state index contributed by atoms with van der Waals surface area (Å²) < 4.78 is 40.0. The Morgan fingerprint density at radius 1 is 1.11 bits per heavy atom. The molecule has 2 aliphatic carbocycles. The van der Waals surface area contributed by atoms with Crippen molar-refractivity contribution in [1.29, 1.82) is 0 Å². The van der Waals surface area contributed by atoms with E-state index in [-0.39, 0.29) is 31.9 Å². The van der Waals surface area contributed by atoms with E-state index in [1.54, 1.807) is 6.92 Å². The number of pyridine rings is 1. The quantitative estimate of drug-likeness (QED) is 0.354. The molecular formula is C40H53N5O8S. The van der Waals surface area contributed by atoms with E-state index < -0.39 is 67.7 Å². The zero-order valence-corrected chi connectivity index (χ0v) is 32.8. The van der Waals surface area contributed by atoms with Crippen LogP contribution in [0.2, 0.25) is 0 Å². The van der Waals surface area contributed by atoms with Crippen molar-refractivity contribution in [1.82, 2.24) is 25.2 Å². The van der Waals surface area contributed by atoms with Gasteiger partial charge < -0.3 is 25.0 Å². The van der Waals surface area contributed by atoms with Crippen molar-refractivity contribution in [2.24, 2.45) is 11.8 Å². The number of ether oxygens (including phenoxy) is 2. The van der Waals surface area contributed by atoms with Crippen molar-refractivity contribution in [3.8, 4) is 5.75 Å². The molecule has 2 saturated carbocycles. The Morgan fingerprint density at radius 2 is 1.89 bits per heavy atom. The fraction of sp³-hybridized carbons (Fsp3) is 0.625. The normalized spacial score (nSPS) is 29.8. The molecule has 3 aliphatic heterocycles. The predicted molar refractivity (Wildman–Crippen MR) is 202 cm³/mol. The van der Waals surface area contributed by atoms with Crippen LogP contribution in [0.15, 0.2) is 30.4 Å². The molecule has 2 aromatic rings. The summed E-state index contributed by atoms with van der Waals surface area (Å²) in [5, 5.41) is 6.75. The molecule has 5 aliphatic rings. The summed E-state index contributed by atoms with van der Waals surface area (Å²) in [7, 11) is -3.98. The highest BCUT2D eigenvalue weighted by molar-refractivity contribution is 7.91. The van der Waals surface area contributed by atoms with Gasteiger partial charge >= 0.3 is 6.09 Å². The minimum absolute atomic E-state index is 0.0726. The van der Waals surface area contributed by atoms with Crippen LogP contribution in [-0.2, 0) is 35.6 Å². The maximum Gasteiger partial charge on any atom is 0.407 e. The molecule has 4 amide bonds. The number of aryl methyl sites for hydroxylation is 3. The Hall–Kier alpha value is -4.20. The zero-order chi connectivity index (χ0) is 38.6. The number of nitrogens with zero attached hydrogens (tertiary/aromatic N) is 2. The van der Waals surface area contributed by atoms with Crippen molar-refractivity contribution in [3.63, 3.8) is 0 Å². The summed E-state index contributed by atoms with van der Waals surface area (Å²) in [4.78, 5) is 62.5. The van der Waals surface area contributed by atoms with E-state index in [1.807, 2.05) is 52.0 Å². The summed E-state index contributed by atoms with van der Waals surface area (Å²) in [5.74, 6) is -1.45. The van der Waals surface area contributed by atoms with E-state index in [0.717, 1.165) is 34.9 Å². The van der Waals surface area contributed by atoms with Gasteiger partial charge in [-0.1, -0.05) is 50.5 Å². The van der Waals surface area contributed by atoms with Gasteiger partial charge in [0.1, 0.15) is 29.0 Å². The lowest BCUT2D eigenvalue weighted by atomic mass is 9.87. The number of hydrogen-bond acceptors (Lipinski definition) is 9. The standard InChI is InChI=1S/C40H53N5O8S/c1-24(2)22-52-37(49)42-31-12-10-8-6-7-9-11-27-20-40(27,36(48)44-54(50,51)38(5)17-18-38)43-34(46)32-21-39(23-45(32)35(31)47)16-15-28-29-19-25(3)13-14-30(29)41-26(4)33(28)53-39/h9,11,13-14,19,24,27,31-32H,6-8,10,12,15-18,20-23H2,1-5H3,(H,42,49)(H,43,46)(H,44,48)/b11-9-/t27-,31+,32+,39-,40-/m1/s1. The van der Waals surface area contributed by atoms with E-state index in [0.29, 0.717) is 56.4 Å². The van der Waals surface area contributed by atoms with Crippen molar-refractivity contribution >= 4 is 44.7 Å². The maximum absolute atomic E-state index is 14.7. The summed E-state index contributed by atoms with van der Waals surface area (Å²) in [5.41, 5.74) is 1.27. The van der Waals surface area contributed by atoms with Gasteiger partial charge in [-0.3, -0.25) is 19.1 Å². The van der Waals surface area contributed by atoms with E-state index in [9.17, 15) is 27.6 Å². The molecule has 4 heterocycles. The summed E-state index contributed by atoms with van der Waals surface area (Å²) in [6.45, 7) is 9.63. The highest BCUT2D eigenvalue weighted by atomic mass is 32.2. The van der Waals surface area contributed by atoms with Gasteiger partial charge in [0.2, 0.25) is 21.8 Å². The molecule has 0 unspecified atom stereocenters. The fourth-order valence-electron chi connectivity index (χ4n) is 8.23. The molecule has 14 heteroatoms. The Kier molecular flexibility index (Phi) is 9.97. The first-order valence-corrected chi connectivity index (χ1v) is 20.9. The molecule has 1 aromatic carbocycles. The lowest BCUT2D eigenvalue weighted by molar-refractivity contribution is -0.141. The van der Waals surface area contributed by atoms with Gasteiger partial charge in [0.05, 0.1) is 29.1 Å². The summed E-state index contributed by atoms with van der Waals surface area (Å²) >= 11 is 0. The Morgan fingerprint density at radius 3 is 2.63 bits per heavy atom. The van der Waals surface area contributed by atoms with Crippen molar-refractivity contribution in [3.05, 3.63) is 47.2 Å². The molecule has 1 aromatic heterocycles. The Bertz CT molecular complexity index is 2010. The number of sulfonamides is 1. The monoisotopic (exact) mass is 763 g/mol. The van der Waals surface area contributed by atoms with Crippen LogP contribution in [0.25, 0.3) is 10.9 Å². The first kappa shape index (κ1) is 38.1. The molecule has 13 nitrogen and oxygen atoms in total. The first-order chi connectivity index (χ1) is 25.6. The van der Waals surface area contributed by atoms with Gasteiger partial charge in [-0.2, -0.15) is 0 Å². The predicted octanol–water partition coefficient (Wildman–Crippen LogP) is 4.66. The second-order valence-electron chi connectivity index (χ2n) is 16.9. The number of carbonyl (C=O) groups excluding carboxylic acids is 4. The highest BCUT2D eigenvalue weighted by Crippen LogP contribution is 2.49. The molecule has 7 rings (SSSR count). The van der Waals surface area contributed by atoms with Crippen LogP contribution in [0.4, 0.5) is 4.79 Å². The molecular weight excluding hydrogens is 711 g/mol. The number of alkyl carbamates (subject to hydrolysis) is 1. The zero-order valence-electron chi connectivity index (χ0n) is 32.0. The number of nitrogens with one attached hydrogen (secondary N) is 3. The molecule has 54 heavy (non-hydrogen) atoms. The molecule has 292 valence electrons. The van der Waals surface area contributed by atoms with Crippen LogP contribution < -0.4 is 20.1 Å². The molecule has 3 N–H and O–H groups in total. The molecule has 5 atom stereocenters. The SMILES string of the molecule is Cc1ccc2nc(C)c3c(c2c1)CC[C@]1(C[C@H]2C(=O)N[C@]4(C(=O)NS(=O)(=O)C5(C)CC5)C[C@H]4/C=C\CCCCC[C@H](NC(=O)OCC(C)C)C(=O)N2C1)O3. The van der Waals surface area contributed by atoms with Gasteiger partial charge in [0.15, 0.2) is 0 Å². The van der Waals surface area contributed by atoms with E-state index in [1.165, 1.54) is 4.90 Å². The van der Waals surface area contributed by atoms with Gasteiger partial charge in [-0.15, -0.1) is 0 Å². The second kappa shape index (κ2) is 14.1. The third-order valence-corrected chi connectivity index (χ3v) is 14.1. The fourth-order valence-corrected chi connectivity index (χ4v) is 9.54. The van der Waals surface area contributed by atoms with Crippen LogP contribution in [0, 0.1) is 25.7 Å². The van der Waals surface area contributed by atoms with Crippen LogP contribution in [0.3, 0.4) is 0 Å². The average molecular weight is 764 g/mol. The molecule has 3 fully saturated rings. The van der Waals surface area contributed by atoms with Crippen LogP contribution >= 0.6 is 0 Å². The topological polar surface area (TPSA) is 173 Å². The van der Waals surface area contributed by atoms with Gasteiger partial charge in [0.25, 0.3) is 5.91 Å². The molecule has 1 spiro atoms. The van der Waals surface area contributed by atoms with Gasteiger partial charge in [0, 0.05) is 23.3 Å². The largest absolute Gasteiger partial charge is 0.483 e. The van der Waals surface area contributed by atoms with E-state index in [4.69, 9.17) is 14.5 Å². The van der Waals surface area contributed by atoms with Crippen LogP contribution in [-0.4, -0.2) is 83.2 Å². The summed E-state index contributed by atoms with van der Waals surface area (Å²) in [6, 6.07) is 4.10. The first-order valence-electron chi connectivity index (χ1n) is 19.4. The minimum atomic E-state index is -3.98. The van der Waals surface area contributed by atoms with Crippen molar-refractivity contribution in [2.75, 3.05) is 13.2 Å². The number of rotatable bonds is 6. The molecule has 1 saturated heterocycles. The van der Waals surface area contributed by atoms with Gasteiger partial charge in [-0.05, 0) is 90.2 Å². The smallest absolute Gasteiger partial charge is 0.407 e. The number of amides is 4. The number of carbonyl (C=O) groups is 4. The Labute approximate surface area is 317 Å². The van der Waals surface area contributed by atoms with Gasteiger partial charge in [-0.25, -0.2) is 18.2 Å². The number of aromatic nitrogens is 1. The minimum Gasteiger partial charge on any atom is -0.483 e. The Balaban J connectivity index is 1.23. The molecule has 0 bridgehead atoms. The highest BCUT2D eigenvalue weighted by Gasteiger charge is 2.64. The third kappa shape index (κ3) is 7.29. The van der Waals surface area contributed by atoms with E-state index >= 15 is 0 Å². The average Bonchev–Trinajstić information content (AvgIpc) is 4.01. The summed E-state index contributed by atoms with van der Waals surface area (Å²) in [6.07, 6.45) is 8.88. The lowest BCUT2D eigenvalue weighted by Gasteiger charge is -2.36. The second-order valence-corrected chi connectivity index (χ2v) is 19.1. The van der Waals surface area contributed by atoms with E-state index in [2.05, 4.69) is 21.4 Å². The van der Waals surface area contributed by atoms with Crippen LogP contribution in [0.5, 0.6) is 5.75 Å². The number of hydrogen-bond donors (Lipinski definition) is 3. The van der Waals surface area contributed by atoms with Crippen molar-refractivity contribution < 1.29 is 37.1 Å². The number of fused-ring (bicyclic) bond motifs is 5. The number of allylic oxidation sites excluding steroid dienone is 1.